The maximum Gasteiger partial charge on any atom is 0.0488 e. The molecule has 1 unspecified atom stereocenters. The SMILES string of the molecule is C1=CCC(c2ccc(C3=CCCCC3)n2-c2ccc3c(-c4ccc5c(c4)C4(CCCC4)c4ccccc4-5)c4ccccc4c(-c4ccc5c(c4)C4(CCCC4)c4ccccc4-5)c3c2)C=C1. The Bertz CT molecular complexity index is 3370. The summed E-state index contributed by atoms with van der Waals surface area (Å²) in [5.41, 5.74) is 23.1. The first-order chi connectivity index (χ1) is 32.2. The largest absolute Gasteiger partial charge is 0.313 e. The maximum absolute atomic E-state index is 2.65. The summed E-state index contributed by atoms with van der Waals surface area (Å²) in [5, 5.41) is 5.36. The number of hydrogen-bond acceptors (Lipinski definition) is 0. The van der Waals surface area contributed by atoms with E-state index in [2.05, 4.69) is 174 Å². The van der Waals surface area contributed by atoms with Crippen molar-refractivity contribution in [1.29, 1.82) is 0 Å². The molecule has 0 bridgehead atoms. The molecule has 1 heteroatoms. The van der Waals surface area contributed by atoms with Crippen LogP contribution in [0, 0.1) is 0 Å². The first kappa shape index (κ1) is 37.9. The molecule has 0 N–H and O–H groups in total. The van der Waals surface area contributed by atoms with Crippen molar-refractivity contribution in [2.75, 3.05) is 0 Å². The van der Waals surface area contributed by atoms with Gasteiger partial charge in [0.25, 0.3) is 0 Å². The van der Waals surface area contributed by atoms with Crippen LogP contribution in [0.1, 0.15) is 123 Å². The lowest BCUT2D eigenvalue weighted by atomic mass is 9.75. The molecule has 1 nitrogen and oxygen atoms in total. The molecule has 0 amide bonds. The van der Waals surface area contributed by atoms with Crippen LogP contribution >= 0.6 is 0 Å². The second kappa shape index (κ2) is 14.5. The van der Waals surface area contributed by atoms with Crippen molar-refractivity contribution >= 4 is 27.1 Å². The van der Waals surface area contributed by atoms with E-state index >= 15 is 0 Å². The zero-order valence-corrected chi connectivity index (χ0v) is 37.4. The lowest BCUT2D eigenvalue weighted by Crippen LogP contribution is -2.20. The Morgan fingerprint density at radius 2 is 1.05 bits per heavy atom. The Morgan fingerprint density at radius 3 is 1.65 bits per heavy atom. The van der Waals surface area contributed by atoms with Crippen molar-refractivity contribution in [1.82, 2.24) is 4.57 Å². The van der Waals surface area contributed by atoms with E-state index in [9.17, 15) is 0 Å². The van der Waals surface area contributed by atoms with E-state index in [1.165, 1.54) is 153 Å². The average molecular weight is 838 g/mol. The van der Waals surface area contributed by atoms with Crippen molar-refractivity contribution in [2.24, 2.45) is 0 Å². The average Bonchev–Trinajstić information content (AvgIpc) is 4.23. The fourth-order valence-corrected chi connectivity index (χ4v) is 14.3. The number of fused-ring (bicyclic) bond motifs is 12. The molecule has 1 heterocycles. The fraction of sp³-hybridized carbons (Fsp3) is 0.250. The van der Waals surface area contributed by atoms with Gasteiger partial charge in [-0.3, -0.25) is 0 Å². The van der Waals surface area contributed by atoms with E-state index in [0.717, 1.165) is 19.3 Å². The molecule has 7 aromatic carbocycles. The maximum atomic E-state index is 2.65. The number of hydrogen-bond donors (Lipinski definition) is 0. The quantitative estimate of drug-likeness (QED) is 0.152. The van der Waals surface area contributed by atoms with Crippen LogP contribution in [0.3, 0.4) is 0 Å². The minimum Gasteiger partial charge on any atom is -0.313 e. The van der Waals surface area contributed by atoms with Gasteiger partial charge in [0.1, 0.15) is 0 Å². The molecular formula is C64H55N. The van der Waals surface area contributed by atoms with Crippen molar-refractivity contribution < 1.29 is 0 Å². The lowest BCUT2D eigenvalue weighted by Gasteiger charge is -2.28. The molecule has 0 aliphatic heterocycles. The normalized spacial score (nSPS) is 19.6. The summed E-state index contributed by atoms with van der Waals surface area (Å²) in [6.07, 6.45) is 27.7. The molecule has 1 atom stereocenters. The van der Waals surface area contributed by atoms with Gasteiger partial charge < -0.3 is 4.57 Å². The van der Waals surface area contributed by atoms with E-state index in [1.54, 1.807) is 22.3 Å². The number of allylic oxidation sites excluding steroid dienone is 6. The number of nitrogens with zero attached hydrogens (tertiary/aromatic N) is 1. The Balaban J connectivity index is 1.05. The van der Waals surface area contributed by atoms with Crippen LogP contribution in [0.4, 0.5) is 0 Å². The zero-order chi connectivity index (χ0) is 42.7. The summed E-state index contributed by atoms with van der Waals surface area (Å²) in [6, 6.07) is 55.6. The van der Waals surface area contributed by atoms with Crippen LogP contribution < -0.4 is 0 Å². The van der Waals surface area contributed by atoms with Gasteiger partial charge in [-0.05, 0) is 188 Å². The second-order valence-electron chi connectivity index (χ2n) is 20.3. The smallest absolute Gasteiger partial charge is 0.0488 e. The molecule has 0 saturated heterocycles. The highest BCUT2D eigenvalue weighted by Gasteiger charge is 2.46. The summed E-state index contributed by atoms with van der Waals surface area (Å²) < 4.78 is 2.65. The highest BCUT2D eigenvalue weighted by molar-refractivity contribution is 6.22. The van der Waals surface area contributed by atoms with Crippen LogP contribution in [0.25, 0.3) is 77.3 Å². The molecule has 2 saturated carbocycles. The summed E-state index contributed by atoms with van der Waals surface area (Å²) in [6.45, 7) is 0. The summed E-state index contributed by atoms with van der Waals surface area (Å²) in [5.74, 6) is 0.333. The molecule has 2 fully saturated rings. The van der Waals surface area contributed by atoms with Crippen molar-refractivity contribution in [3.63, 3.8) is 0 Å². The Labute approximate surface area is 383 Å². The lowest BCUT2D eigenvalue weighted by molar-refractivity contribution is 0.550. The van der Waals surface area contributed by atoms with E-state index in [4.69, 9.17) is 0 Å². The van der Waals surface area contributed by atoms with Crippen LogP contribution in [-0.2, 0) is 10.8 Å². The predicted octanol–water partition coefficient (Wildman–Crippen LogP) is 17.4. The molecule has 8 aromatic rings. The molecule has 6 aliphatic carbocycles. The summed E-state index contributed by atoms with van der Waals surface area (Å²) >= 11 is 0. The van der Waals surface area contributed by atoms with Gasteiger partial charge in [0.2, 0.25) is 0 Å². The van der Waals surface area contributed by atoms with Gasteiger partial charge in [-0.15, -0.1) is 0 Å². The van der Waals surface area contributed by atoms with Gasteiger partial charge in [-0.2, -0.15) is 0 Å². The first-order valence-electron chi connectivity index (χ1n) is 24.9. The topological polar surface area (TPSA) is 4.93 Å². The molecular weight excluding hydrogens is 783 g/mol. The standard InChI is InChI=1S/C64H55N/c1-3-17-42(18-4-1)59-33-34-60(43-19-5-2-6-20-43)65(59)46-29-32-53-54(41-46)62(45-28-31-50-48-22-10-12-26-56(48)64(58(50)40-45)37-15-16-38-64)52-24-8-7-23-51(52)61(53)44-27-30-49-47-21-9-11-25-55(47)63(57(49)39-44)35-13-14-36-63/h1,3-4,7-12,17,19,21-34,39-42H,2,5-6,13-16,18,20,35-38H2. The third kappa shape index (κ3) is 5.45. The van der Waals surface area contributed by atoms with Crippen LogP contribution in [-0.4, -0.2) is 4.57 Å². The molecule has 65 heavy (non-hydrogen) atoms. The van der Waals surface area contributed by atoms with Gasteiger partial charge in [0.05, 0.1) is 0 Å². The van der Waals surface area contributed by atoms with E-state index in [-0.39, 0.29) is 10.8 Å². The van der Waals surface area contributed by atoms with Gasteiger partial charge >= 0.3 is 0 Å². The number of rotatable bonds is 5. The van der Waals surface area contributed by atoms with Gasteiger partial charge in [-0.25, -0.2) is 0 Å². The highest BCUT2D eigenvalue weighted by atomic mass is 15.0. The Kier molecular flexibility index (Phi) is 8.47. The third-order valence-electron chi connectivity index (χ3n) is 17.2. The highest BCUT2D eigenvalue weighted by Crippen LogP contribution is 2.60. The molecule has 2 spiro atoms. The van der Waals surface area contributed by atoms with E-state index in [1.807, 2.05) is 0 Å². The van der Waals surface area contributed by atoms with Gasteiger partial charge in [0.15, 0.2) is 0 Å². The van der Waals surface area contributed by atoms with E-state index < -0.39 is 0 Å². The molecule has 14 rings (SSSR count). The third-order valence-corrected chi connectivity index (χ3v) is 17.2. The van der Waals surface area contributed by atoms with Gasteiger partial charge in [-0.1, -0.05) is 159 Å². The van der Waals surface area contributed by atoms with Crippen molar-refractivity contribution in [3.05, 3.63) is 204 Å². The first-order valence-corrected chi connectivity index (χ1v) is 24.9. The number of aromatic nitrogens is 1. The van der Waals surface area contributed by atoms with Crippen molar-refractivity contribution in [3.8, 4) is 50.2 Å². The zero-order valence-electron chi connectivity index (χ0n) is 37.4. The second-order valence-corrected chi connectivity index (χ2v) is 20.3. The molecule has 1 aromatic heterocycles. The number of benzene rings is 7. The predicted molar refractivity (Wildman–Crippen MR) is 273 cm³/mol. The Hall–Kier alpha value is -6.44. The van der Waals surface area contributed by atoms with Crippen LogP contribution in [0.5, 0.6) is 0 Å². The summed E-state index contributed by atoms with van der Waals surface area (Å²) in [7, 11) is 0. The minimum atomic E-state index is 0.0987. The molecule has 6 aliphatic rings. The molecule has 316 valence electrons. The van der Waals surface area contributed by atoms with Crippen molar-refractivity contribution in [2.45, 2.75) is 100 Å². The minimum absolute atomic E-state index is 0.0987. The van der Waals surface area contributed by atoms with Crippen LogP contribution in [0.2, 0.25) is 0 Å². The molecule has 0 radical (unpaired) electrons. The fourth-order valence-electron chi connectivity index (χ4n) is 14.3. The van der Waals surface area contributed by atoms with Crippen LogP contribution in [0.15, 0.2) is 170 Å². The van der Waals surface area contributed by atoms with Gasteiger partial charge in [0, 0.05) is 33.8 Å². The Morgan fingerprint density at radius 1 is 0.462 bits per heavy atom. The summed E-state index contributed by atoms with van der Waals surface area (Å²) in [4.78, 5) is 0. The monoisotopic (exact) mass is 837 g/mol. The van der Waals surface area contributed by atoms with E-state index in [0.29, 0.717) is 5.92 Å².